The van der Waals surface area contributed by atoms with Crippen LogP contribution in [0.5, 0.6) is 11.6 Å². The molecule has 2 amide bonds. The molecule has 0 spiro atoms. The summed E-state index contributed by atoms with van der Waals surface area (Å²) < 4.78 is 59.9. The van der Waals surface area contributed by atoms with Gasteiger partial charge in [-0.3, -0.25) is 9.59 Å². The van der Waals surface area contributed by atoms with Crippen molar-refractivity contribution < 1.29 is 31.9 Å². The lowest BCUT2D eigenvalue weighted by molar-refractivity contribution is -0.138. The van der Waals surface area contributed by atoms with Crippen LogP contribution in [0, 0.1) is 5.82 Å². The average Bonchev–Trinajstić information content (AvgIpc) is 2.99. The van der Waals surface area contributed by atoms with Crippen molar-refractivity contribution in [3.8, 4) is 11.6 Å². The Balaban J connectivity index is 1.34. The fraction of sp³-hybridized carbons (Fsp3) is 0.208. The van der Waals surface area contributed by atoms with Crippen LogP contribution in [0.15, 0.2) is 54.6 Å². The van der Waals surface area contributed by atoms with Gasteiger partial charge in [0.05, 0.1) is 16.8 Å². The van der Waals surface area contributed by atoms with E-state index in [-0.39, 0.29) is 36.0 Å². The average molecular weight is 486 g/mol. The van der Waals surface area contributed by atoms with Gasteiger partial charge in [0.25, 0.3) is 11.8 Å². The number of anilines is 2. The van der Waals surface area contributed by atoms with Crippen LogP contribution in [-0.4, -0.2) is 47.9 Å². The van der Waals surface area contributed by atoms with Crippen LogP contribution in [0.4, 0.5) is 29.1 Å². The number of pyridine rings is 1. The van der Waals surface area contributed by atoms with Crippen LogP contribution in [-0.2, 0) is 6.18 Å². The molecule has 180 valence electrons. The number of hydrogen-bond acceptors (Lipinski definition) is 5. The number of carbonyl (C=O) groups excluding carboxylic acids is 2. The molecule has 0 radical (unpaired) electrons. The Kier molecular flexibility index (Phi) is 5.54. The Labute approximate surface area is 196 Å². The van der Waals surface area contributed by atoms with Crippen molar-refractivity contribution in [2.75, 3.05) is 36.4 Å². The van der Waals surface area contributed by atoms with Gasteiger partial charge in [0, 0.05) is 26.2 Å². The molecule has 3 aromatic rings. The molecule has 2 aliphatic rings. The van der Waals surface area contributed by atoms with Crippen molar-refractivity contribution >= 4 is 23.3 Å². The lowest BCUT2D eigenvalue weighted by Crippen LogP contribution is -2.49. The Morgan fingerprint density at radius 1 is 0.971 bits per heavy atom. The number of fused-ring (bicyclic) bond motifs is 2. The molecule has 0 aliphatic carbocycles. The van der Waals surface area contributed by atoms with Crippen LogP contribution < -0.4 is 15.0 Å². The van der Waals surface area contributed by atoms with E-state index in [0.29, 0.717) is 18.9 Å². The Bertz CT molecular complexity index is 1320. The van der Waals surface area contributed by atoms with Gasteiger partial charge in [0.15, 0.2) is 11.6 Å². The van der Waals surface area contributed by atoms with Gasteiger partial charge in [-0.05, 0) is 36.4 Å². The molecule has 11 heteroatoms. The van der Waals surface area contributed by atoms with E-state index in [9.17, 15) is 27.2 Å². The van der Waals surface area contributed by atoms with Gasteiger partial charge in [0.1, 0.15) is 11.4 Å². The fourth-order valence-corrected chi connectivity index (χ4v) is 4.08. The zero-order valence-corrected chi connectivity index (χ0v) is 18.1. The van der Waals surface area contributed by atoms with Crippen molar-refractivity contribution in [3.05, 3.63) is 77.1 Å². The molecular formula is C24H18F4N4O3. The minimum atomic E-state index is -4.63. The smallest absolute Gasteiger partial charge is 0.417 e. The summed E-state index contributed by atoms with van der Waals surface area (Å²) in [6, 6.07) is 12.0. The Hall–Kier alpha value is -4.15. The highest BCUT2D eigenvalue weighted by Crippen LogP contribution is 2.37. The molecule has 1 aromatic heterocycles. The summed E-state index contributed by atoms with van der Waals surface area (Å²) in [5.41, 5.74) is -1.05. The predicted molar refractivity (Wildman–Crippen MR) is 118 cm³/mol. The highest BCUT2D eigenvalue weighted by atomic mass is 19.4. The second-order valence-corrected chi connectivity index (χ2v) is 8.02. The van der Waals surface area contributed by atoms with E-state index in [1.165, 1.54) is 47.4 Å². The maximum Gasteiger partial charge on any atom is 0.417 e. The molecular weight excluding hydrogens is 468 g/mol. The quantitative estimate of drug-likeness (QED) is 0.538. The molecule has 3 heterocycles. The predicted octanol–water partition coefficient (Wildman–Crippen LogP) is 4.56. The molecule has 1 saturated heterocycles. The van der Waals surface area contributed by atoms with Crippen LogP contribution in [0.1, 0.15) is 26.3 Å². The third kappa shape index (κ3) is 4.25. The van der Waals surface area contributed by atoms with Gasteiger partial charge in [-0.1, -0.05) is 18.2 Å². The standard InChI is InChI=1S/C24H18F4N4O3/c25-17-6-3-7-18-20(17)35-22-15(21(33)29-18)8-9-19(30-22)31-10-12-32(13-11-31)23(34)14-4-1-2-5-16(14)24(26,27)28/h1-9H,10-13H2,(H,29,33). The number of nitrogens with zero attached hydrogens (tertiary/aromatic N) is 3. The number of piperazine rings is 1. The zero-order chi connectivity index (χ0) is 24.7. The first-order valence-electron chi connectivity index (χ1n) is 10.7. The van der Waals surface area contributed by atoms with Gasteiger partial charge in [-0.2, -0.15) is 18.2 Å². The normalized spacial score (nSPS) is 15.5. The van der Waals surface area contributed by atoms with Gasteiger partial charge < -0.3 is 19.9 Å². The highest BCUT2D eigenvalue weighted by Gasteiger charge is 2.36. The minimum Gasteiger partial charge on any atom is -0.433 e. The number of hydrogen-bond donors (Lipinski definition) is 1. The summed E-state index contributed by atoms with van der Waals surface area (Å²) in [5.74, 6) is -1.64. The lowest BCUT2D eigenvalue weighted by Gasteiger charge is -2.36. The number of ether oxygens (including phenoxy) is 1. The number of nitrogens with one attached hydrogen (secondary N) is 1. The number of alkyl halides is 3. The minimum absolute atomic E-state index is 0.0681. The molecule has 0 saturated carbocycles. The van der Waals surface area contributed by atoms with E-state index in [1.54, 1.807) is 6.07 Å². The monoisotopic (exact) mass is 486 g/mol. The molecule has 0 atom stereocenters. The summed E-state index contributed by atoms with van der Waals surface area (Å²) in [4.78, 5) is 32.9. The topological polar surface area (TPSA) is 74.8 Å². The summed E-state index contributed by atoms with van der Waals surface area (Å²) in [5, 5.41) is 2.59. The van der Waals surface area contributed by atoms with E-state index in [4.69, 9.17) is 4.74 Å². The third-order valence-electron chi connectivity index (χ3n) is 5.86. The van der Waals surface area contributed by atoms with Crippen molar-refractivity contribution in [1.82, 2.24) is 9.88 Å². The first-order chi connectivity index (χ1) is 16.7. The van der Waals surface area contributed by atoms with Crippen molar-refractivity contribution in [1.29, 1.82) is 0 Å². The molecule has 2 aliphatic heterocycles. The van der Waals surface area contributed by atoms with Crippen molar-refractivity contribution in [2.45, 2.75) is 6.18 Å². The van der Waals surface area contributed by atoms with Gasteiger partial charge >= 0.3 is 6.18 Å². The maximum atomic E-state index is 14.3. The molecule has 1 N–H and O–H groups in total. The molecule has 0 bridgehead atoms. The van der Waals surface area contributed by atoms with Gasteiger partial charge in [-0.25, -0.2) is 4.39 Å². The van der Waals surface area contributed by atoms with Crippen molar-refractivity contribution in [3.63, 3.8) is 0 Å². The van der Waals surface area contributed by atoms with Crippen LogP contribution in [0.2, 0.25) is 0 Å². The summed E-state index contributed by atoms with van der Waals surface area (Å²) in [6.45, 7) is 0.927. The number of amides is 2. The van der Waals surface area contributed by atoms with Crippen LogP contribution in [0.3, 0.4) is 0 Å². The maximum absolute atomic E-state index is 14.3. The molecule has 5 rings (SSSR count). The highest BCUT2D eigenvalue weighted by molar-refractivity contribution is 6.07. The number of aromatic nitrogens is 1. The van der Waals surface area contributed by atoms with E-state index in [0.717, 1.165) is 6.07 Å². The molecule has 0 unspecified atom stereocenters. The van der Waals surface area contributed by atoms with Gasteiger partial charge in [-0.15, -0.1) is 0 Å². The SMILES string of the molecule is O=C1Nc2cccc(F)c2Oc2nc(N3CCN(C(=O)c4ccccc4C(F)(F)F)CC3)ccc21. The third-order valence-corrected chi connectivity index (χ3v) is 5.86. The molecule has 2 aromatic carbocycles. The molecule has 7 nitrogen and oxygen atoms in total. The zero-order valence-electron chi connectivity index (χ0n) is 18.1. The second-order valence-electron chi connectivity index (χ2n) is 8.02. The summed E-state index contributed by atoms with van der Waals surface area (Å²) in [6.07, 6.45) is -4.63. The molecule has 35 heavy (non-hydrogen) atoms. The van der Waals surface area contributed by atoms with Crippen LogP contribution in [0.25, 0.3) is 0 Å². The van der Waals surface area contributed by atoms with Crippen LogP contribution >= 0.6 is 0 Å². The van der Waals surface area contributed by atoms with E-state index >= 15 is 0 Å². The largest absolute Gasteiger partial charge is 0.433 e. The number of rotatable bonds is 2. The van der Waals surface area contributed by atoms with E-state index in [1.807, 2.05) is 4.90 Å². The van der Waals surface area contributed by atoms with E-state index in [2.05, 4.69) is 10.3 Å². The first kappa shape index (κ1) is 22.6. The number of para-hydroxylation sites is 1. The summed E-state index contributed by atoms with van der Waals surface area (Å²) >= 11 is 0. The number of benzene rings is 2. The Morgan fingerprint density at radius 2 is 1.71 bits per heavy atom. The number of halogens is 4. The second kappa shape index (κ2) is 8.57. The van der Waals surface area contributed by atoms with E-state index < -0.39 is 34.9 Å². The number of carbonyl (C=O) groups is 2. The summed E-state index contributed by atoms with van der Waals surface area (Å²) in [7, 11) is 0. The fourth-order valence-electron chi connectivity index (χ4n) is 4.08. The molecule has 1 fully saturated rings. The lowest BCUT2D eigenvalue weighted by atomic mass is 10.1. The Morgan fingerprint density at radius 3 is 2.46 bits per heavy atom. The van der Waals surface area contributed by atoms with Gasteiger partial charge in [0.2, 0.25) is 5.88 Å². The first-order valence-corrected chi connectivity index (χ1v) is 10.7. The van der Waals surface area contributed by atoms with Crippen molar-refractivity contribution in [2.24, 2.45) is 0 Å².